The molecule has 6 nitrogen and oxygen atoms in total. The zero-order chi connectivity index (χ0) is 15.2. The third-order valence-corrected chi connectivity index (χ3v) is 3.13. The molecular weight excluding hydrogens is 277 g/mol. The van der Waals surface area contributed by atoms with Crippen molar-refractivity contribution in [2.45, 2.75) is 6.42 Å². The van der Waals surface area contributed by atoms with E-state index in [1.807, 2.05) is 0 Å². The molecule has 1 heterocycles. The smallest absolute Gasteiger partial charge is 0.254 e. The summed E-state index contributed by atoms with van der Waals surface area (Å²) in [7, 11) is 0. The molecule has 1 aromatic carbocycles. The first-order valence-electron chi connectivity index (χ1n) is 6.65. The lowest BCUT2D eigenvalue weighted by Crippen LogP contribution is -2.43. The molecule has 0 spiro atoms. The van der Waals surface area contributed by atoms with Crippen LogP contribution in [0.3, 0.4) is 0 Å². The molecule has 0 atom stereocenters. The van der Waals surface area contributed by atoms with Crippen LogP contribution in [-0.2, 0) is 9.59 Å². The zero-order valence-corrected chi connectivity index (χ0v) is 11.4. The summed E-state index contributed by atoms with van der Waals surface area (Å²) in [5, 5.41) is 5.03. The summed E-state index contributed by atoms with van der Waals surface area (Å²) in [5.74, 6) is -1.88. The van der Waals surface area contributed by atoms with Crippen molar-refractivity contribution < 1.29 is 18.8 Å². The van der Waals surface area contributed by atoms with Gasteiger partial charge in [0.15, 0.2) is 0 Å². The minimum atomic E-state index is -0.652. The molecule has 1 fully saturated rings. The van der Waals surface area contributed by atoms with Gasteiger partial charge in [-0.1, -0.05) is 12.1 Å². The topological polar surface area (TPSA) is 78.5 Å². The van der Waals surface area contributed by atoms with E-state index in [9.17, 15) is 18.8 Å². The fraction of sp³-hybridized carbons (Fsp3) is 0.357. The van der Waals surface area contributed by atoms with Crippen LogP contribution < -0.4 is 10.6 Å². The summed E-state index contributed by atoms with van der Waals surface area (Å²) in [6, 6.07) is 5.54. The van der Waals surface area contributed by atoms with Gasteiger partial charge in [0, 0.05) is 13.1 Å². The van der Waals surface area contributed by atoms with Crippen LogP contribution in [0.1, 0.15) is 16.8 Å². The van der Waals surface area contributed by atoms with Crippen LogP contribution in [0.5, 0.6) is 0 Å². The summed E-state index contributed by atoms with van der Waals surface area (Å²) >= 11 is 0. The van der Waals surface area contributed by atoms with Gasteiger partial charge in [-0.05, 0) is 18.6 Å². The number of hydrogen-bond acceptors (Lipinski definition) is 3. The monoisotopic (exact) mass is 293 g/mol. The molecule has 3 amide bonds. The van der Waals surface area contributed by atoms with E-state index in [1.54, 1.807) is 6.07 Å². The molecule has 0 unspecified atom stereocenters. The minimum absolute atomic E-state index is 0.0194. The molecular formula is C14H16FN3O3. The van der Waals surface area contributed by atoms with E-state index in [1.165, 1.54) is 23.1 Å². The Balaban J connectivity index is 1.90. The number of carbonyl (C=O) groups excluding carboxylic acids is 3. The fourth-order valence-corrected chi connectivity index (χ4v) is 2.03. The van der Waals surface area contributed by atoms with Gasteiger partial charge in [-0.2, -0.15) is 0 Å². The van der Waals surface area contributed by atoms with E-state index in [-0.39, 0.29) is 30.5 Å². The predicted octanol–water partition coefficient (Wildman–Crippen LogP) is -0.0960. The first kappa shape index (κ1) is 15.0. The Kier molecular flexibility index (Phi) is 4.86. The molecule has 21 heavy (non-hydrogen) atoms. The second-order valence-corrected chi connectivity index (χ2v) is 4.68. The van der Waals surface area contributed by atoms with E-state index in [0.29, 0.717) is 19.5 Å². The number of benzene rings is 1. The largest absolute Gasteiger partial charge is 0.354 e. The molecule has 1 saturated heterocycles. The molecule has 1 aliphatic heterocycles. The number of nitrogens with zero attached hydrogens (tertiary/aromatic N) is 1. The molecule has 1 aromatic rings. The summed E-state index contributed by atoms with van der Waals surface area (Å²) in [6.45, 7) is 0.701. The molecule has 2 N–H and O–H groups in total. The van der Waals surface area contributed by atoms with Gasteiger partial charge in [0.05, 0.1) is 18.7 Å². The van der Waals surface area contributed by atoms with Crippen molar-refractivity contribution >= 4 is 17.7 Å². The molecule has 0 bridgehead atoms. The minimum Gasteiger partial charge on any atom is -0.354 e. The highest BCUT2D eigenvalue weighted by molar-refractivity contribution is 5.97. The van der Waals surface area contributed by atoms with Crippen molar-refractivity contribution in [2.75, 3.05) is 26.2 Å². The van der Waals surface area contributed by atoms with Crippen molar-refractivity contribution in [1.82, 2.24) is 15.5 Å². The van der Waals surface area contributed by atoms with Crippen LogP contribution >= 0.6 is 0 Å². The lowest BCUT2D eigenvalue weighted by molar-refractivity contribution is -0.134. The Morgan fingerprint density at radius 2 is 2.10 bits per heavy atom. The van der Waals surface area contributed by atoms with Crippen molar-refractivity contribution in [3.05, 3.63) is 35.6 Å². The molecule has 1 aliphatic rings. The maximum absolute atomic E-state index is 13.4. The van der Waals surface area contributed by atoms with Crippen molar-refractivity contribution in [3.63, 3.8) is 0 Å². The first-order valence-corrected chi connectivity index (χ1v) is 6.65. The number of amides is 3. The number of halogens is 1. The van der Waals surface area contributed by atoms with Gasteiger partial charge < -0.3 is 15.5 Å². The van der Waals surface area contributed by atoms with Crippen LogP contribution in [0.2, 0.25) is 0 Å². The van der Waals surface area contributed by atoms with Gasteiger partial charge in [-0.15, -0.1) is 0 Å². The maximum Gasteiger partial charge on any atom is 0.254 e. The number of carbonyl (C=O) groups is 3. The van der Waals surface area contributed by atoms with E-state index in [4.69, 9.17) is 0 Å². The summed E-state index contributed by atoms with van der Waals surface area (Å²) < 4.78 is 13.4. The van der Waals surface area contributed by atoms with Crippen LogP contribution in [0.4, 0.5) is 4.39 Å². The van der Waals surface area contributed by atoms with Crippen LogP contribution in [-0.4, -0.2) is 48.8 Å². The molecule has 0 aromatic heterocycles. The van der Waals surface area contributed by atoms with Crippen LogP contribution in [0.15, 0.2) is 24.3 Å². The Morgan fingerprint density at radius 3 is 2.86 bits per heavy atom. The van der Waals surface area contributed by atoms with E-state index in [2.05, 4.69) is 10.6 Å². The number of hydrogen-bond donors (Lipinski definition) is 2. The Morgan fingerprint density at radius 1 is 1.33 bits per heavy atom. The van der Waals surface area contributed by atoms with Gasteiger partial charge in [0.1, 0.15) is 5.82 Å². The highest BCUT2D eigenvalue weighted by Crippen LogP contribution is 2.05. The lowest BCUT2D eigenvalue weighted by Gasteiger charge is -2.19. The van der Waals surface area contributed by atoms with Crippen molar-refractivity contribution in [2.24, 2.45) is 0 Å². The van der Waals surface area contributed by atoms with E-state index in [0.717, 1.165) is 0 Å². The van der Waals surface area contributed by atoms with Gasteiger partial charge in [-0.3, -0.25) is 14.4 Å². The average molecular weight is 293 g/mol. The predicted molar refractivity (Wildman–Crippen MR) is 72.9 cm³/mol. The second kappa shape index (κ2) is 6.83. The highest BCUT2D eigenvalue weighted by atomic mass is 19.1. The third-order valence-electron chi connectivity index (χ3n) is 3.13. The first-order chi connectivity index (χ1) is 10.1. The Bertz CT molecular complexity index is 562. The Hall–Kier alpha value is -2.44. The van der Waals surface area contributed by atoms with Crippen molar-refractivity contribution in [1.29, 1.82) is 0 Å². The van der Waals surface area contributed by atoms with Gasteiger partial charge in [-0.25, -0.2) is 4.39 Å². The molecule has 0 radical (unpaired) electrons. The maximum atomic E-state index is 13.4. The second-order valence-electron chi connectivity index (χ2n) is 4.68. The number of nitrogens with one attached hydrogen (secondary N) is 2. The van der Waals surface area contributed by atoms with Crippen LogP contribution in [0, 0.1) is 5.82 Å². The van der Waals surface area contributed by atoms with Gasteiger partial charge in [0.2, 0.25) is 11.8 Å². The molecule has 0 saturated carbocycles. The average Bonchev–Trinajstić information content (AvgIpc) is 2.69. The molecule has 2 rings (SSSR count). The van der Waals surface area contributed by atoms with E-state index < -0.39 is 11.7 Å². The summed E-state index contributed by atoms with van der Waals surface area (Å²) in [4.78, 5) is 36.5. The SMILES string of the molecule is O=C1CN(C(=O)CNC(=O)c2ccccc2F)CCCN1. The normalized spacial score (nSPS) is 15.1. The van der Waals surface area contributed by atoms with Gasteiger partial charge >= 0.3 is 0 Å². The van der Waals surface area contributed by atoms with Crippen LogP contribution in [0.25, 0.3) is 0 Å². The lowest BCUT2D eigenvalue weighted by atomic mass is 10.2. The number of rotatable bonds is 3. The Labute approximate surface area is 121 Å². The van der Waals surface area contributed by atoms with E-state index >= 15 is 0 Å². The quantitative estimate of drug-likeness (QED) is 0.817. The molecule has 0 aliphatic carbocycles. The standard InChI is InChI=1S/C14H16FN3O3/c15-11-5-2-1-4-10(11)14(21)17-8-13(20)18-7-3-6-16-12(19)9-18/h1-2,4-5H,3,6-9H2,(H,16,19)(H,17,21). The fourth-order valence-electron chi connectivity index (χ4n) is 2.03. The third kappa shape index (κ3) is 4.01. The molecule has 7 heteroatoms. The van der Waals surface area contributed by atoms with Crippen molar-refractivity contribution in [3.8, 4) is 0 Å². The summed E-state index contributed by atoms with van der Waals surface area (Å²) in [5.41, 5.74) is -0.112. The zero-order valence-electron chi connectivity index (χ0n) is 11.4. The summed E-state index contributed by atoms with van der Waals surface area (Å²) in [6.07, 6.45) is 0.665. The molecule has 112 valence electrons. The van der Waals surface area contributed by atoms with Gasteiger partial charge in [0.25, 0.3) is 5.91 Å². The highest BCUT2D eigenvalue weighted by Gasteiger charge is 2.20.